The second-order valence-electron chi connectivity index (χ2n) is 7.83. The summed E-state index contributed by atoms with van der Waals surface area (Å²) in [5, 5.41) is 7.96. The van der Waals surface area contributed by atoms with E-state index in [9.17, 15) is 14.4 Å². The quantitative estimate of drug-likeness (QED) is 0.372. The Labute approximate surface area is 184 Å². The number of hydrogen-bond donors (Lipinski definition) is 1. The highest BCUT2D eigenvalue weighted by atomic mass is 16.5. The lowest BCUT2D eigenvalue weighted by Gasteiger charge is -2.18. The van der Waals surface area contributed by atoms with Crippen molar-refractivity contribution >= 4 is 39.5 Å². The van der Waals surface area contributed by atoms with Gasteiger partial charge in [-0.1, -0.05) is 24.3 Å². The van der Waals surface area contributed by atoms with Crippen molar-refractivity contribution in [3.05, 3.63) is 71.0 Å². The number of ether oxygens (including phenoxy) is 1. The van der Waals surface area contributed by atoms with Gasteiger partial charge in [-0.2, -0.15) is 5.10 Å². The molecule has 0 bridgehead atoms. The minimum absolute atomic E-state index is 0.0695. The molecule has 0 radical (unpaired) electrons. The number of benzene rings is 2. The van der Waals surface area contributed by atoms with E-state index >= 15 is 0 Å². The molecule has 0 aliphatic carbocycles. The Morgan fingerprint density at radius 3 is 2.16 bits per heavy atom. The Balaban J connectivity index is 1.56. The van der Waals surface area contributed by atoms with Crippen LogP contribution >= 0.6 is 0 Å². The number of rotatable bonds is 6. The summed E-state index contributed by atoms with van der Waals surface area (Å²) in [6.07, 6.45) is 0.591. The van der Waals surface area contributed by atoms with Crippen LogP contribution in [0.1, 0.15) is 26.8 Å². The van der Waals surface area contributed by atoms with E-state index in [2.05, 4.69) is 10.4 Å². The maximum Gasteiger partial charge on any atom is 0.326 e. The zero-order valence-electron chi connectivity index (χ0n) is 18.1. The first-order valence-electron chi connectivity index (χ1n) is 10.4. The number of anilines is 1. The lowest BCUT2D eigenvalue weighted by atomic mass is 10.1. The number of amides is 1. The topological polar surface area (TPSA) is 95.2 Å². The molecule has 0 saturated heterocycles. The predicted octanol–water partition coefficient (Wildman–Crippen LogP) is 3.50. The smallest absolute Gasteiger partial charge is 0.326 e. The number of nitrogens with zero attached hydrogens (tertiary/aromatic N) is 3. The minimum Gasteiger partial charge on any atom is -0.451 e. The summed E-state index contributed by atoms with van der Waals surface area (Å²) in [6, 6.07) is 16.0. The van der Waals surface area contributed by atoms with Gasteiger partial charge in [-0.3, -0.25) is 14.4 Å². The Hall–Kier alpha value is -3.94. The molecule has 0 aliphatic rings. The van der Waals surface area contributed by atoms with E-state index < -0.39 is 18.0 Å². The Morgan fingerprint density at radius 2 is 1.56 bits per heavy atom. The van der Waals surface area contributed by atoms with E-state index in [1.807, 2.05) is 26.0 Å². The zero-order valence-corrected chi connectivity index (χ0v) is 18.1. The van der Waals surface area contributed by atoms with Crippen molar-refractivity contribution < 1.29 is 14.3 Å². The van der Waals surface area contributed by atoms with Crippen molar-refractivity contribution in [1.82, 2.24) is 14.3 Å². The monoisotopic (exact) mass is 432 g/mol. The number of esters is 1. The maximum absolute atomic E-state index is 12.8. The minimum atomic E-state index is -1.00. The van der Waals surface area contributed by atoms with Gasteiger partial charge in [-0.05, 0) is 45.0 Å². The number of hydrogen-bond acceptors (Lipinski definition) is 5. The first-order valence-corrected chi connectivity index (χ1v) is 10.4. The summed E-state index contributed by atoms with van der Waals surface area (Å²) in [5.74, 6) is -0.496. The second kappa shape index (κ2) is 8.66. The fourth-order valence-corrected chi connectivity index (χ4v) is 3.72. The average molecular weight is 432 g/mol. The van der Waals surface area contributed by atoms with Crippen LogP contribution in [0.3, 0.4) is 0 Å². The van der Waals surface area contributed by atoms with Gasteiger partial charge in [0.1, 0.15) is 12.4 Å². The van der Waals surface area contributed by atoms with E-state index in [1.165, 1.54) is 6.92 Å². The Kier molecular flexibility index (Phi) is 5.77. The molecule has 2 heterocycles. The number of fused-ring (bicyclic) bond motifs is 2. The van der Waals surface area contributed by atoms with Crippen molar-refractivity contribution in [2.75, 3.05) is 5.32 Å². The van der Waals surface area contributed by atoms with Crippen LogP contribution in [0.2, 0.25) is 0 Å². The van der Waals surface area contributed by atoms with Gasteiger partial charge in [0, 0.05) is 22.9 Å². The summed E-state index contributed by atoms with van der Waals surface area (Å²) in [5.41, 5.74) is 1.17. The van der Waals surface area contributed by atoms with Crippen LogP contribution in [-0.4, -0.2) is 32.3 Å². The molecule has 0 spiro atoms. The molecule has 1 N–H and O–H groups in total. The van der Waals surface area contributed by atoms with Gasteiger partial charge < -0.3 is 14.6 Å². The van der Waals surface area contributed by atoms with Gasteiger partial charge >= 0.3 is 5.97 Å². The Bertz CT molecular complexity index is 1310. The molecule has 1 amide bonds. The summed E-state index contributed by atoms with van der Waals surface area (Å²) >= 11 is 0. The fourth-order valence-electron chi connectivity index (χ4n) is 3.72. The van der Waals surface area contributed by atoms with E-state index in [1.54, 1.807) is 57.9 Å². The molecule has 1 unspecified atom stereocenters. The van der Waals surface area contributed by atoms with Crippen LogP contribution in [0.15, 0.2) is 65.6 Å². The molecule has 1 atom stereocenters. The van der Waals surface area contributed by atoms with Crippen molar-refractivity contribution in [3.8, 4) is 0 Å². The average Bonchev–Trinajstić information content (AvgIpc) is 3.25. The van der Waals surface area contributed by atoms with Gasteiger partial charge in [0.05, 0.1) is 17.2 Å². The third kappa shape index (κ3) is 3.99. The second-order valence-corrected chi connectivity index (χ2v) is 7.83. The van der Waals surface area contributed by atoms with Gasteiger partial charge in [0.25, 0.3) is 5.91 Å². The summed E-state index contributed by atoms with van der Waals surface area (Å²) < 4.78 is 8.83. The number of carbonyl (C=O) groups is 2. The van der Waals surface area contributed by atoms with Crippen LogP contribution in [0, 0.1) is 0 Å². The van der Waals surface area contributed by atoms with Gasteiger partial charge in [0.15, 0.2) is 11.5 Å². The van der Waals surface area contributed by atoms with E-state index in [0.29, 0.717) is 27.6 Å². The zero-order chi connectivity index (χ0) is 22.8. The largest absolute Gasteiger partial charge is 0.451 e. The van der Waals surface area contributed by atoms with Gasteiger partial charge in [-0.15, -0.1) is 0 Å². The standard InChI is InChI=1S/C24H24N4O4/c1-15(2)28-21(12-13-25-28)26-24(31)16(3)32-22(29)14-27-19-10-6-4-8-17(19)23(30)18-9-5-7-11-20(18)27/h4-13,15-16H,14H2,1-3H3,(H,26,31). The fraction of sp³-hybridized carbons (Fsp3) is 0.250. The maximum atomic E-state index is 12.8. The molecule has 4 rings (SSSR count). The summed E-state index contributed by atoms with van der Waals surface area (Å²) in [6.45, 7) is 5.28. The lowest BCUT2D eigenvalue weighted by Crippen LogP contribution is -2.32. The highest BCUT2D eigenvalue weighted by molar-refractivity contribution is 5.96. The number of pyridine rings is 1. The molecule has 0 saturated carbocycles. The van der Waals surface area contributed by atoms with Crippen LogP contribution in [-0.2, 0) is 20.9 Å². The third-order valence-electron chi connectivity index (χ3n) is 5.25. The SMILES string of the molecule is CC(OC(=O)Cn1c2ccccc2c(=O)c2ccccc21)C(=O)Nc1ccnn1C(C)C. The summed E-state index contributed by atoms with van der Waals surface area (Å²) in [4.78, 5) is 38.2. The molecule has 4 aromatic rings. The van der Waals surface area contributed by atoms with Crippen molar-refractivity contribution in [3.63, 3.8) is 0 Å². The number of carbonyl (C=O) groups excluding carboxylic acids is 2. The number of para-hydroxylation sites is 2. The van der Waals surface area contributed by atoms with Gasteiger partial charge in [-0.25, -0.2) is 4.68 Å². The van der Waals surface area contributed by atoms with Crippen LogP contribution in [0.4, 0.5) is 5.82 Å². The van der Waals surface area contributed by atoms with Crippen LogP contribution < -0.4 is 10.7 Å². The first kappa shape index (κ1) is 21.3. The van der Waals surface area contributed by atoms with Crippen molar-refractivity contribution in [1.29, 1.82) is 0 Å². The molecular formula is C24H24N4O4. The normalized spacial score (nSPS) is 12.2. The molecule has 2 aromatic carbocycles. The highest BCUT2D eigenvalue weighted by Crippen LogP contribution is 2.19. The predicted molar refractivity (Wildman–Crippen MR) is 123 cm³/mol. The van der Waals surface area contributed by atoms with E-state index in [-0.39, 0.29) is 18.0 Å². The molecule has 2 aromatic heterocycles. The first-order chi connectivity index (χ1) is 15.4. The third-order valence-corrected chi connectivity index (χ3v) is 5.25. The van der Waals surface area contributed by atoms with E-state index in [4.69, 9.17) is 4.74 Å². The summed E-state index contributed by atoms with van der Waals surface area (Å²) in [7, 11) is 0. The highest BCUT2D eigenvalue weighted by Gasteiger charge is 2.21. The molecule has 32 heavy (non-hydrogen) atoms. The molecule has 0 aliphatic heterocycles. The van der Waals surface area contributed by atoms with Gasteiger partial charge in [0.2, 0.25) is 0 Å². The number of aromatic nitrogens is 3. The van der Waals surface area contributed by atoms with Crippen LogP contribution in [0.5, 0.6) is 0 Å². The number of nitrogens with one attached hydrogen (secondary N) is 1. The van der Waals surface area contributed by atoms with E-state index in [0.717, 1.165) is 0 Å². The van der Waals surface area contributed by atoms with Crippen molar-refractivity contribution in [2.45, 2.75) is 39.5 Å². The molecule has 164 valence electrons. The molecule has 8 nitrogen and oxygen atoms in total. The van der Waals surface area contributed by atoms with Crippen molar-refractivity contribution in [2.24, 2.45) is 0 Å². The van der Waals surface area contributed by atoms with Crippen LogP contribution in [0.25, 0.3) is 21.8 Å². The lowest BCUT2D eigenvalue weighted by molar-refractivity contribution is -0.153. The molecule has 8 heteroatoms. The molecular weight excluding hydrogens is 408 g/mol. The molecule has 0 fully saturated rings. The Morgan fingerprint density at radius 1 is 0.969 bits per heavy atom.